The monoisotopic (exact) mass is 486 g/mol. The highest BCUT2D eigenvalue weighted by Crippen LogP contribution is 2.27. The first kappa shape index (κ1) is 24.0. The number of ether oxygens (including phenoxy) is 1. The van der Waals surface area contributed by atoms with Gasteiger partial charge in [-0.2, -0.15) is 0 Å². The molecule has 0 spiro atoms. The number of benzene rings is 4. The van der Waals surface area contributed by atoms with Crippen LogP contribution in [0.25, 0.3) is 0 Å². The van der Waals surface area contributed by atoms with Crippen LogP contribution in [0.15, 0.2) is 108 Å². The molecule has 0 saturated carbocycles. The van der Waals surface area contributed by atoms with Crippen LogP contribution in [-0.4, -0.2) is 17.1 Å². The van der Waals surface area contributed by atoms with Crippen molar-refractivity contribution in [3.8, 4) is 11.5 Å². The van der Waals surface area contributed by atoms with Gasteiger partial charge in [0, 0.05) is 16.3 Å². The molecule has 2 amide bonds. The van der Waals surface area contributed by atoms with Crippen LogP contribution in [0.4, 0.5) is 15.8 Å². The quantitative estimate of drug-likeness (QED) is 0.263. The Bertz CT molecular complexity index is 1300. The van der Waals surface area contributed by atoms with Gasteiger partial charge in [-0.25, -0.2) is 4.39 Å². The highest BCUT2D eigenvalue weighted by molar-refractivity contribution is 8.00. The Kier molecular flexibility index (Phi) is 7.80. The van der Waals surface area contributed by atoms with Gasteiger partial charge in [0.25, 0.3) is 5.91 Å². The van der Waals surface area contributed by atoms with Crippen LogP contribution < -0.4 is 15.4 Å². The summed E-state index contributed by atoms with van der Waals surface area (Å²) in [5.74, 6) is 0.196. The Morgan fingerprint density at radius 2 is 1.31 bits per heavy atom. The second-order valence-electron chi connectivity index (χ2n) is 7.65. The van der Waals surface area contributed by atoms with Crippen molar-refractivity contribution in [2.24, 2.45) is 0 Å². The van der Waals surface area contributed by atoms with Gasteiger partial charge in [-0.1, -0.05) is 30.3 Å². The number of nitrogens with one attached hydrogen (secondary N) is 2. The Balaban J connectivity index is 1.29. The molecule has 5 nitrogen and oxygen atoms in total. The SMILES string of the molecule is CC(Sc1ccc(NC(=O)c2ccccc2F)cc1)C(=O)Nc1ccc(Oc2ccccc2)cc1. The molecular formula is C28H23FN2O3S. The summed E-state index contributed by atoms with van der Waals surface area (Å²) in [5.41, 5.74) is 1.20. The molecular weight excluding hydrogens is 463 g/mol. The van der Waals surface area contributed by atoms with Gasteiger partial charge >= 0.3 is 0 Å². The fourth-order valence-electron chi connectivity index (χ4n) is 3.19. The minimum atomic E-state index is -0.574. The standard InChI is InChI=1S/C28H23FN2O3S/c1-19(27(32)30-20-11-15-23(16-12-20)34-22-7-3-2-4-8-22)35-24-17-13-21(14-18-24)31-28(33)25-9-5-6-10-26(25)29/h2-19H,1H3,(H,30,32)(H,31,33). The van der Waals surface area contributed by atoms with Crippen molar-refractivity contribution < 1.29 is 18.7 Å². The number of carbonyl (C=O) groups excluding carboxylic acids is 2. The lowest BCUT2D eigenvalue weighted by atomic mass is 10.2. The van der Waals surface area contributed by atoms with E-state index in [2.05, 4.69) is 10.6 Å². The van der Waals surface area contributed by atoms with E-state index < -0.39 is 11.7 Å². The lowest BCUT2D eigenvalue weighted by Gasteiger charge is -2.13. The molecule has 0 saturated heterocycles. The molecule has 0 bridgehead atoms. The molecule has 4 aromatic carbocycles. The maximum absolute atomic E-state index is 13.8. The molecule has 0 aliphatic rings. The summed E-state index contributed by atoms with van der Waals surface area (Å²) in [7, 11) is 0. The number of hydrogen-bond donors (Lipinski definition) is 2. The molecule has 0 aliphatic heterocycles. The lowest BCUT2D eigenvalue weighted by Crippen LogP contribution is -2.22. The number of anilines is 2. The number of amides is 2. The number of carbonyl (C=O) groups is 2. The fourth-order valence-corrected chi connectivity index (χ4v) is 4.06. The Morgan fingerprint density at radius 1 is 0.743 bits per heavy atom. The van der Waals surface area contributed by atoms with E-state index in [0.29, 0.717) is 17.1 Å². The van der Waals surface area contributed by atoms with E-state index in [-0.39, 0.29) is 16.7 Å². The van der Waals surface area contributed by atoms with E-state index in [0.717, 1.165) is 10.6 Å². The third-order valence-corrected chi connectivity index (χ3v) is 6.13. The lowest BCUT2D eigenvalue weighted by molar-refractivity contribution is -0.115. The van der Waals surface area contributed by atoms with Crippen LogP contribution in [0.5, 0.6) is 11.5 Å². The second-order valence-corrected chi connectivity index (χ2v) is 9.06. The van der Waals surface area contributed by atoms with Crippen LogP contribution in [0, 0.1) is 5.82 Å². The topological polar surface area (TPSA) is 67.4 Å². The van der Waals surface area contributed by atoms with Crippen molar-refractivity contribution in [2.45, 2.75) is 17.1 Å². The molecule has 0 aromatic heterocycles. The predicted molar refractivity (Wildman–Crippen MR) is 138 cm³/mol. The summed E-state index contributed by atoms with van der Waals surface area (Å²) < 4.78 is 19.6. The molecule has 0 aliphatic carbocycles. The summed E-state index contributed by atoms with van der Waals surface area (Å²) in [5, 5.41) is 5.23. The molecule has 1 atom stereocenters. The number of halogens is 1. The maximum Gasteiger partial charge on any atom is 0.258 e. The predicted octanol–water partition coefficient (Wildman–Crippen LogP) is 6.99. The molecule has 4 rings (SSSR count). The van der Waals surface area contributed by atoms with Crippen molar-refractivity contribution in [3.63, 3.8) is 0 Å². The third-order valence-electron chi connectivity index (χ3n) is 5.01. The van der Waals surface area contributed by atoms with Gasteiger partial charge in [0.15, 0.2) is 0 Å². The van der Waals surface area contributed by atoms with E-state index >= 15 is 0 Å². The molecule has 0 heterocycles. The zero-order chi connectivity index (χ0) is 24.6. The van der Waals surface area contributed by atoms with Crippen molar-refractivity contribution in [2.75, 3.05) is 10.6 Å². The van der Waals surface area contributed by atoms with Crippen LogP contribution in [0.2, 0.25) is 0 Å². The van der Waals surface area contributed by atoms with Crippen LogP contribution >= 0.6 is 11.8 Å². The fraction of sp³-hybridized carbons (Fsp3) is 0.0714. The van der Waals surface area contributed by atoms with Crippen molar-refractivity contribution in [1.82, 2.24) is 0 Å². The van der Waals surface area contributed by atoms with Gasteiger partial charge in [-0.3, -0.25) is 9.59 Å². The smallest absolute Gasteiger partial charge is 0.258 e. The number of para-hydroxylation sites is 1. The average Bonchev–Trinajstić information content (AvgIpc) is 2.87. The minimum absolute atomic E-state index is 0.0177. The number of hydrogen-bond acceptors (Lipinski definition) is 4. The molecule has 0 radical (unpaired) electrons. The highest BCUT2D eigenvalue weighted by atomic mass is 32.2. The molecule has 4 aromatic rings. The van der Waals surface area contributed by atoms with E-state index in [1.807, 2.05) is 37.3 Å². The van der Waals surface area contributed by atoms with Gasteiger partial charge in [0.2, 0.25) is 5.91 Å². The molecule has 7 heteroatoms. The third kappa shape index (κ3) is 6.71. The normalized spacial score (nSPS) is 11.4. The minimum Gasteiger partial charge on any atom is -0.457 e. The summed E-state index contributed by atoms with van der Waals surface area (Å²) in [6, 6.07) is 29.5. The molecule has 2 N–H and O–H groups in total. The van der Waals surface area contributed by atoms with E-state index in [1.165, 1.54) is 30.0 Å². The summed E-state index contributed by atoms with van der Waals surface area (Å²) in [6.07, 6.45) is 0. The summed E-state index contributed by atoms with van der Waals surface area (Å²) >= 11 is 1.39. The molecule has 0 fully saturated rings. The highest BCUT2D eigenvalue weighted by Gasteiger charge is 2.15. The second kappa shape index (κ2) is 11.4. The van der Waals surface area contributed by atoms with Crippen molar-refractivity contribution in [3.05, 3.63) is 115 Å². The van der Waals surface area contributed by atoms with Gasteiger partial charge in [0.1, 0.15) is 17.3 Å². The Hall–Kier alpha value is -4.10. The van der Waals surface area contributed by atoms with Crippen LogP contribution in [0.3, 0.4) is 0 Å². The molecule has 176 valence electrons. The average molecular weight is 487 g/mol. The summed E-state index contributed by atoms with van der Waals surface area (Å²) in [4.78, 5) is 25.8. The Morgan fingerprint density at radius 3 is 2.00 bits per heavy atom. The van der Waals surface area contributed by atoms with E-state index in [4.69, 9.17) is 4.74 Å². The van der Waals surface area contributed by atoms with Gasteiger partial charge in [0.05, 0.1) is 10.8 Å². The Labute approximate surface area is 207 Å². The number of thioether (sulfide) groups is 1. The van der Waals surface area contributed by atoms with E-state index in [9.17, 15) is 14.0 Å². The maximum atomic E-state index is 13.8. The first-order valence-corrected chi connectivity index (χ1v) is 11.8. The molecule has 1 unspecified atom stereocenters. The largest absolute Gasteiger partial charge is 0.457 e. The zero-order valence-corrected chi connectivity index (χ0v) is 19.7. The van der Waals surface area contributed by atoms with Crippen LogP contribution in [0.1, 0.15) is 17.3 Å². The van der Waals surface area contributed by atoms with E-state index in [1.54, 1.807) is 54.6 Å². The van der Waals surface area contributed by atoms with Gasteiger partial charge < -0.3 is 15.4 Å². The first-order valence-electron chi connectivity index (χ1n) is 10.9. The zero-order valence-electron chi connectivity index (χ0n) is 18.9. The van der Waals surface area contributed by atoms with Crippen molar-refractivity contribution >= 4 is 35.0 Å². The van der Waals surface area contributed by atoms with Gasteiger partial charge in [-0.05, 0) is 79.7 Å². The van der Waals surface area contributed by atoms with Crippen LogP contribution in [-0.2, 0) is 4.79 Å². The summed E-state index contributed by atoms with van der Waals surface area (Å²) in [6.45, 7) is 1.82. The first-order chi connectivity index (χ1) is 17.0. The number of rotatable bonds is 8. The van der Waals surface area contributed by atoms with Gasteiger partial charge in [-0.15, -0.1) is 11.8 Å². The van der Waals surface area contributed by atoms with Crippen molar-refractivity contribution in [1.29, 1.82) is 0 Å². The molecule has 35 heavy (non-hydrogen) atoms.